The number of hydrogen-bond donors (Lipinski definition) is 2. The minimum absolute atomic E-state index is 0.267. The van der Waals surface area contributed by atoms with E-state index in [1.165, 1.54) is 4.90 Å². The number of urea groups is 1. The summed E-state index contributed by atoms with van der Waals surface area (Å²) in [5, 5.41) is 3.78. The molecule has 2 aromatic heterocycles. The Bertz CT molecular complexity index is 1510. The highest BCUT2D eigenvalue weighted by Crippen LogP contribution is 2.45. The zero-order chi connectivity index (χ0) is 25.0. The van der Waals surface area contributed by atoms with E-state index in [0.717, 1.165) is 27.9 Å². The number of amides is 4. The molecule has 182 valence electrons. The fraction of sp³-hybridized carbons (Fsp3) is 0.222. The maximum Gasteiger partial charge on any atom is 0.332 e. The third kappa shape index (κ3) is 3.12. The minimum atomic E-state index is -1.16. The SMILES string of the molecule is COc1ccc2[nH]c3c(c2c1)CCN1C(=O)N(c2ccc(C(=O)NCc4ccco4)cc2)C(=O)C31C. The Labute approximate surface area is 206 Å². The van der Waals surface area contributed by atoms with E-state index in [1.54, 1.807) is 61.6 Å². The average Bonchev–Trinajstić information content (AvgIpc) is 3.59. The number of anilines is 1. The van der Waals surface area contributed by atoms with Crippen LogP contribution in [0.5, 0.6) is 5.75 Å². The van der Waals surface area contributed by atoms with Gasteiger partial charge in [-0.15, -0.1) is 0 Å². The molecule has 0 aliphatic carbocycles. The summed E-state index contributed by atoms with van der Waals surface area (Å²) in [7, 11) is 1.62. The van der Waals surface area contributed by atoms with Gasteiger partial charge in [-0.25, -0.2) is 9.69 Å². The van der Waals surface area contributed by atoms with E-state index in [9.17, 15) is 14.4 Å². The summed E-state index contributed by atoms with van der Waals surface area (Å²) < 4.78 is 10.6. The molecule has 0 bridgehead atoms. The number of furan rings is 1. The first-order valence-electron chi connectivity index (χ1n) is 11.7. The lowest BCUT2D eigenvalue weighted by Crippen LogP contribution is -2.49. The van der Waals surface area contributed by atoms with Crippen LogP contribution >= 0.6 is 0 Å². The number of methoxy groups -OCH3 is 1. The van der Waals surface area contributed by atoms with Crippen molar-refractivity contribution >= 4 is 34.4 Å². The van der Waals surface area contributed by atoms with Gasteiger partial charge in [0.1, 0.15) is 11.5 Å². The van der Waals surface area contributed by atoms with Crippen LogP contribution in [-0.2, 0) is 23.3 Å². The second-order valence-corrected chi connectivity index (χ2v) is 9.10. The van der Waals surface area contributed by atoms with Gasteiger partial charge in [-0.3, -0.25) is 9.59 Å². The van der Waals surface area contributed by atoms with E-state index in [0.29, 0.717) is 30.0 Å². The number of ether oxygens (including phenoxy) is 1. The predicted octanol–water partition coefficient (Wildman–Crippen LogP) is 3.94. The first kappa shape index (κ1) is 22.0. The number of benzene rings is 2. The van der Waals surface area contributed by atoms with E-state index in [2.05, 4.69) is 10.3 Å². The minimum Gasteiger partial charge on any atom is -0.497 e. The molecule has 1 saturated heterocycles. The van der Waals surface area contributed by atoms with Crippen molar-refractivity contribution in [2.45, 2.75) is 25.4 Å². The molecule has 4 heterocycles. The summed E-state index contributed by atoms with van der Waals surface area (Å²) >= 11 is 0. The van der Waals surface area contributed by atoms with Crippen LogP contribution in [0.15, 0.2) is 65.3 Å². The van der Waals surface area contributed by atoms with Crippen molar-refractivity contribution in [3.8, 4) is 5.75 Å². The number of carbonyl (C=O) groups is 3. The molecule has 4 aromatic rings. The van der Waals surface area contributed by atoms with Gasteiger partial charge in [-0.1, -0.05) is 0 Å². The van der Waals surface area contributed by atoms with Crippen molar-refractivity contribution in [3.63, 3.8) is 0 Å². The standard InChI is InChI=1S/C27H24N4O5/c1-27-23-20(21-14-18(35-2)9-10-22(21)29-23)11-12-30(27)26(34)31(25(27)33)17-7-5-16(6-8-17)24(32)28-15-19-4-3-13-36-19/h3-10,13-14,29H,11-12,15H2,1-2H3,(H,28,32). The van der Waals surface area contributed by atoms with Crippen molar-refractivity contribution < 1.29 is 23.5 Å². The van der Waals surface area contributed by atoms with Crippen LogP contribution < -0.4 is 15.0 Å². The first-order chi connectivity index (χ1) is 17.4. The molecule has 36 heavy (non-hydrogen) atoms. The van der Waals surface area contributed by atoms with Crippen molar-refractivity contribution in [2.75, 3.05) is 18.6 Å². The fourth-order valence-electron chi connectivity index (χ4n) is 5.22. The van der Waals surface area contributed by atoms with E-state index in [-0.39, 0.29) is 24.4 Å². The number of aromatic nitrogens is 1. The van der Waals surface area contributed by atoms with Crippen molar-refractivity contribution in [1.82, 2.24) is 15.2 Å². The van der Waals surface area contributed by atoms with Crippen LogP contribution in [0.25, 0.3) is 10.9 Å². The molecule has 2 aromatic carbocycles. The molecular weight excluding hydrogens is 460 g/mol. The number of nitrogens with zero attached hydrogens (tertiary/aromatic N) is 2. The monoisotopic (exact) mass is 484 g/mol. The molecule has 9 heteroatoms. The van der Waals surface area contributed by atoms with Gasteiger partial charge < -0.3 is 24.4 Å². The molecule has 1 fully saturated rings. The largest absolute Gasteiger partial charge is 0.497 e. The molecular formula is C27H24N4O5. The van der Waals surface area contributed by atoms with Gasteiger partial charge >= 0.3 is 6.03 Å². The zero-order valence-corrected chi connectivity index (χ0v) is 19.8. The lowest BCUT2D eigenvalue weighted by molar-refractivity contribution is -0.125. The van der Waals surface area contributed by atoms with Gasteiger partial charge in [-0.05, 0) is 73.5 Å². The molecule has 1 atom stereocenters. The number of aromatic amines is 1. The summed E-state index contributed by atoms with van der Waals surface area (Å²) in [5.74, 6) is 0.773. The highest BCUT2D eigenvalue weighted by atomic mass is 16.5. The quantitative estimate of drug-likeness (QED) is 0.417. The smallest absolute Gasteiger partial charge is 0.332 e. The zero-order valence-electron chi connectivity index (χ0n) is 19.8. The van der Waals surface area contributed by atoms with Gasteiger partial charge in [0.05, 0.1) is 31.3 Å². The second kappa shape index (κ2) is 8.01. The molecule has 4 amide bonds. The molecule has 0 saturated carbocycles. The lowest BCUT2D eigenvalue weighted by atomic mass is 9.87. The molecule has 1 unspecified atom stereocenters. The Kier molecular flexibility index (Phi) is 4.89. The number of H-pyrrole nitrogens is 1. The van der Waals surface area contributed by atoms with E-state index in [1.807, 2.05) is 18.2 Å². The first-order valence-corrected chi connectivity index (χ1v) is 11.7. The number of fused-ring (bicyclic) bond motifs is 5. The number of nitrogens with one attached hydrogen (secondary N) is 2. The van der Waals surface area contributed by atoms with Gasteiger partial charge in [0, 0.05) is 23.0 Å². The van der Waals surface area contributed by atoms with Crippen LogP contribution in [0, 0.1) is 0 Å². The molecule has 9 nitrogen and oxygen atoms in total. The molecule has 2 aliphatic heterocycles. The highest BCUT2D eigenvalue weighted by Gasteiger charge is 2.59. The maximum atomic E-state index is 13.8. The average molecular weight is 485 g/mol. The number of carbonyl (C=O) groups excluding carboxylic acids is 3. The Morgan fingerprint density at radius 2 is 1.97 bits per heavy atom. The Morgan fingerprint density at radius 3 is 2.69 bits per heavy atom. The fourth-order valence-corrected chi connectivity index (χ4v) is 5.22. The number of imide groups is 1. The third-order valence-corrected chi connectivity index (χ3v) is 7.16. The molecule has 2 N–H and O–H groups in total. The summed E-state index contributed by atoms with van der Waals surface area (Å²) in [6, 6.07) is 15.4. The van der Waals surface area contributed by atoms with E-state index >= 15 is 0 Å². The summed E-state index contributed by atoms with van der Waals surface area (Å²) in [4.78, 5) is 46.0. The van der Waals surface area contributed by atoms with Gasteiger partial charge in [-0.2, -0.15) is 0 Å². The molecule has 2 aliphatic rings. The predicted molar refractivity (Wildman–Crippen MR) is 132 cm³/mol. The van der Waals surface area contributed by atoms with Crippen LogP contribution in [0.3, 0.4) is 0 Å². The van der Waals surface area contributed by atoms with Crippen LogP contribution in [-0.4, -0.2) is 41.4 Å². The van der Waals surface area contributed by atoms with E-state index in [4.69, 9.17) is 9.15 Å². The van der Waals surface area contributed by atoms with Crippen molar-refractivity contribution in [1.29, 1.82) is 0 Å². The van der Waals surface area contributed by atoms with Gasteiger partial charge in [0.2, 0.25) is 0 Å². The van der Waals surface area contributed by atoms with E-state index < -0.39 is 5.54 Å². The maximum absolute atomic E-state index is 13.8. The Balaban J connectivity index is 1.29. The van der Waals surface area contributed by atoms with Crippen molar-refractivity contribution in [3.05, 3.63) is 83.4 Å². The Morgan fingerprint density at radius 1 is 1.17 bits per heavy atom. The third-order valence-electron chi connectivity index (χ3n) is 7.16. The normalized spacial score (nSPS) is 18.9. The topological polar surface area (TPSA) is 108 Å². The van der Waals surface area contributed by atoms with Gasteiger partial charge in [0.15, 0.2) is 5.54 Å². The van der Waals surface area contributed by atoms with Crippen LogP contribution in [0.4, 0.5) is 10.5 Å². The Hall–Kier alpha value is -4.53. The summed E-state index contributed by atoms with van der Waals surface area (Å²) in [5.41, 5.74) is 2.33. The summed E-state index contributed by atoms with van der Waals surface area (Å²) in [6.07, 6.45) is 2.17. The van der Waals surface area contributed by atoms with Crippen LogP contribution in [0.1, 0.15) is 34.3 Å². The second-order valence-electron chi connectivity index (χ2n) is 9.10. The number of rotatable bonds is 5. The number of hydrogen-bond acceptors (Lipinski definition) is 5. The molecule has 0 radical (unpaired) electrons. The summed E-state index contributed by atoms with van der Waals surface area (Å²) in [6.45, 7) is 2.47. The van der Waals surface area contributed by atoms with Crippen LogP contribution in [0.2, 0.25) is 0 Å². The lowest BCUT2D eigenvalue weighted by Gasteiger charge is -2.35. The highest BCUT2D eigenvalue weighted by molar-refractivity contribution is 6.23. The molecule has 0 spiro atoms. The van der Waals surface area contributed by atoms with Crippen molar-refractivity contribution in [2.24, 2.45) is 0 Å². The molecule has 6 rings (SSSR count). The van der Waals surface area contributed by atoms with Gasteiger partial charge in [0.25, 0.3) is 11.8 Å².